The minimum Gasteiger partial charge on any atom is -0.454 e. The summed E-state index contributed by atoms with van der Waals surface area (Å²) in [5, 5.41) is 2.75. The Labute approximate surface area is 185 Å². The molecular weight excluding hydrogens is 396 g/mol. The molecule has 7 heteroatoms. The van der Waals surface area contributed by atoms with Crippen LogP contribution >= 0.6 is 0 Å². The molecule has 1 fully saturated rings. The standard InChI is InChI=1S/C24H36N2O5/c1-15(2)21(25-22(28)18-8-10-19(11-9-18)24(5,6)7)23(29)30-14-20(27)26-12-16(3)31-17(4)13-26/h8-11,15-17,21H,12-14H2,1-7H3,(H,25,28)/t16-,17+,21-/m0/s1. The molecule has 3 atom stereocenters. The first kappa shape index (κ1) is 24.9. The van der Waals surface area contributed by atoms with Crippen molar-refractivity contribution in [3.8, 4) is 0 Å². The Bertz CT molecular complexity index is 772. The summed E-state index contributed by atoms with van der Waals surface area (Å²) >= 11 is 0. The minimum atomic E-state index is -0.842. The molecule has 1 aromatic carbocycles. The van der Waals surface area contributed by atoms with E-state index in [1.807, 2.05) is 39.8 Å². The highest BCUT2D eigenvalue weighted by molar-refractivity contribution is 5.97. The highest BCUT2D eigenvalue weighted by Gasteiger charge is 2.30. The molecule has 1 aliphatic rings. The number of carbonyl (C=O) groups is 3. The fourth-order valence-corrected chi connectivity index (χ4v) is 3.54. The first-order chi connectivity index (χ1) is 14.4. The number of amides is 2. The van der Waals surface area contributed by atoms with Gasteiger partial charge in [0.25, 0.3) is 11.8 Å². The molecule has 172 valence electrons. The molecular formula is C24H36N2O5. The van der Waals surface area contributed by atoms with Crippen LogP contribution in [0.3, 0.4) is 0 Å². The predicted molar refractivity (Wildman–Crippen MR) is 119 cm³/mol. The predicted octanol–water partition coefficient (Wildman–Crippen LogP) is 2.92. The Morgan fingerprint density at radius 2 is 1.65 bits per heavy atom. The van der Waals surface area contributed by atoms with Gasteiger partial charge in [0.1, 0.15) is 6.04 Å². The van der Waals surface area contributed by atoms with Gasteiger partial charge in [-0.15, -0.1) is 0 Å². The van der Waals surface area contributed by atoms with Gasteiger partial charge in [-0.1, -0.05) is 46.8 Å². The second-order valence-electron chi connectivity index (χ2n) is 9.69. The van der Waals surface area contributed by atoms with Crippen LogP contribution in [0, 0.1) is 5.92 Å². The number of hydrogen-bond acceptors (Lipinski definition) is 5. The zero-order valence-electron chi connectivity index (χ0n) is 19.7. The molecule has 2 amide bonds. The van der Waals surface area contributed by atoms with Gasteiger partial charge >= 0.3 is 5.97 Å². The Morgan fingerprint density at radius 3 is 2.13 bits per heavy atom. The fourth-order valence-electron chi connectivity index (χ4n) is 3.54. The quantitative estimate of drug-likeness (QED) is 0.699. The van der Waals surface area contributed by atoms with Crippen LogP contribution in [0.15, 0.2) is 24.3 Å². The summed E-state index contributed by atoms with van der Waals surface area (Å²) in [7, 11) is 0. The summed E-state index contributed by atoms with van der Waals surface area (Å²) in [6.07, 6.45) is -0.119. The molecule has 1 heterocycles. The molecule has 1 N–H and O–H groups in total. The summed E-state index contributed by atoms with van der Waals surface area (Å²) in [4.78, 5) is 39.4. The van der Waals surface area contributed by atoms with Crippen LogP contribution in [0.4, 0.5) is 0 Å². The molecule has 0 radical (unpaired) electrons. The monoisotopic (exact) mass is 432 g/mol. The molecule has 0 unspecified atom stereocenters. The second-order valence-corrected chi connectivity index (χ2v) is 9.69. The Morgan fingerprint density at radius 1 is 1.10 bits per heavy atom. The van der Waals surface area contributed by atoms with Crippen LogP contribution < -0.4 is 5.32 Å². The largest absolute Gasteiger partial charge is 0.454 e. The van der Waals surface area contributed by atoms with Crippen molar-refractivity contribution >= 4 is 17.8 Å². The summed E-state index contributed by atoms with van der Waals surface area (Å²) < 4.78 is 10.9. The summed E-state index contributed by atoms with van der Waals surface area (Å²) in [5.74, 6) is -1.42. The zero-order chi connectivity index (χ0) is 23.3. The third-order valence-electron chi connectivity index (χ3n) is 5.33. The smallest absolute Gasteiger partial charge is 0.329 e. The van der Waals surface area contributed by atoms with Gasteiger partial charge in [-0.05, 0) is 42.9 Å². The molecule has 7 nitrogen and oxygen atoms in total. The van der Waals surface area contributed by atoms with Gasteiger partial charge in [0.05, 0.1) is 12.2 Å². The van der Waals surface area contributed by atoms with Crippen LogP contribution in [-0.2, 0) is 24.5 Å². The third kappa shape index (κ3) is 7.06. The average molecular weight is 433 g/mol. The molecule has 1 aliphatic heterocycles. The maximum absolute atomic E-state index is 12.7. The van der Waals surface area contributed by atoms with Crippen LogP contribution in [0.5, 0.6) is 0 Å². The van der Waals surface area contributed by atoms with Gasteiger partial charge in [0.15, 0.2) is 6.61 Å². The maximum atomic E-state index is 12.7. The number of nitrogens with one attached hydrogen (secondary N) is 1. The topological polar surface area (TPSA) is 84.9 Å². The van der Waals surface area contributed by atoms with Gasteiger partial charge in [-0.25, -0.2) is 4.79 Å². The molecule has 0 aromatic heterocycles. The fraction of sp³-hybridized carbons (Fsp3) is 0.625. The van der Waals surface area contributed by atoms with Crippen molar-refractivity contribution in [2.75, 3.05) is 19.7 Å². The van der Waals surface area contributed by atoms with E-state index in [9.17, 15) is 14.4 Å². The molecule has 0 bridgehead atoms. The third-order valence-corrected chi connectivity index (χ3v) is 5.33. The van der Waals surface area contributed by atoms with E-state index in [1.165, 1.54) is 0 Å². The summed E-state index contributed by atoms with van der Waals surface area (Å²) in [6.45, 7) is 14.3. The zero-order valence-corrected chi connectivity index (χ0v) is 19.7. The average Bonchev–Trinajstić information content (AvgIpc) is 2.68. The van der Waals surface area contributed by atoms with Crippen molar-refractivity contribution in [1.82, 2.24) is 10.2 Å². The van der Waals surface area contributed by atoms with Crippen molar-refractivity contribution in [2.45, 2.75) is 72.1 Å². The Kier molecular flexibility index (Phi) is 8.23. The van der Waals surface area contributed by atoms with E-state index in [0.29, 0.717) is 18.7 Å². The number of nitrogens with zero attached hydrogens (tertiary/aromatic N) is 1. The lowest BCUT2D eigenvalue weighted by Gasteiger charge is -2.35. The van der Waals surface area contributed by atoms with Crippen molar-refractivity contribution in [1.29, 1.82) is 0 Å². The number of benzene rings is 1. The number of hydrogen-bond donors (Lipinski definition) is 1. The Hall–Kier alpha value is -2.41. The van der Waals surface area contributed by atoms with Crippen LogP contribution in [-0.4, -0.2) is 60.6 Å². The number of esters is 1. The van der Waals surface area contributed by atoms with E-state index in [1.54, 1.807) is 17.0 Å². The SMILES string of the molecule is CC(C)[C@H](NC(=O)c1ccc(C(C)(C)C)cc1)C(=O)OCC(=O)N1C[C@@H](C)O[C@@H](C)C1. The maximum Gasteiger partial charge on any atom is 0.329 e. The van der Waals surface area contributed by atoms with E-state index >= 15 is 0 Å². The van der Waals surface area contributed by atoms with Gasteiger partial charge < -0.3 is 19.7 Å². The molecule has 1 saturated heterocycles. The highest BCUT2D eigenvalue weighted by atomic mass is 16.5. The number of ether oxygens (including phenoxy) is 2. The molecule has 0 saturated carbocycles. The Balaban J connectivity index is 1.96. The first-order valence-electron chi connectivity index (χ1n) is 10.9. The van der Waals surface area contributed by atoms with E-state index in [4.69, 9.17) is 9.47 Å². The van der Waals surface area contributed by atoms with E-state index in [2.05, 4.69) is 26.1 Å². The summed E-state index contributed by atoms with van der Waals surface area (Å²) in [6, 6.07) is 6.50. The second kappa shape index (κ2) is 10.3. The van der Waals surface area contributed by atoms with E-state index < -0.39 is 12.0 Å². The van der Waals surface area contributed by atoms with Crippen molar-refractivity contribution in [3.05, 3.63) is 35.4 Å². The molecule has 0 aliphatic carbocycles. The first-order valence-corrected chi connectivity index (χ1v) is 10.9. The van der Waals surface area contributed by atoms with Gasteiger partial charge in [-0.3, -0.25) is 9.59 Å². The highest BCUT2D eigenvalue weighted by Crippen LogP contribution is 2.22. The van der Waals surface area contributed by atoms with Crippen molar-refractivity contribution < 1.29 is 23.9 Å². The molecule has 0 spiro atoms. The van der Waals surface area contributed by atoms with Gasteiger partial charge in [0.2, 0.25) is 0 Å². The normalized spacial score (nSPS) is 20.3. The summed E-state index contributed by atoms with van der Waals surface area (Å²) in [5.41, 5.74) is 1.58. The lowest BCUT2D eigenvalue weighted by atomic mass is 9.86. The van der Waals surface area contributed by atoms with Crippen molar-refractivity contribution in [2.24, 2.45) is 5.92 Å². The van der Waals surface area contributed by atoms with Gasteiger partial charge in [0, 0.05) is 18.7 Å². The molecule has 31 heavy (non-hydrogen) atoms. The lowest BCUT2D eigenvalue weighted by Crippen LogP contribution is -2.50. The van der Waals surface area contributed by atoms with Crippen LogP contribution in [0.2, 0.25) is 0 Å². The van der Waals surface area contributed by atoms with Crippen LogP contribution in [0.25, 0.3) is 0 Å². The molecule has 2 rings (SSSR count). The molecule has 1 aromatic rings. The number of rotatable bonds is 6. The minimum absolute atomic E-state index is 0.0120. The van der Waals surface area contributed by atoms with Crippen LogP contribution in [0.1, 0.15) is 64.4 Å². The lowest BCUT2D eigenvalue weighted by molar-refractivity contribution is -0.159. The number of carbonyl (C=O) groups excluding carboxylic acids is 3. The van der Waals surface area contributed by atoms with Gasteiger partial charge in [-0.2, -0.15) is 0 Å². The van der Waals surface area contributed by atoms with E-state index in [-0.39, 0.29) is 42.0 Å². The van der Waals surface area contributed by atoms with E-state index in [0.717, 1.165) is 5.56 Å². The van der Waals surface area contributed by atoms with Crippen molar-refractivity contribution in [3.63, 3.8) is 0 Å². The number of morpholine rings is 1.